The molecule has 104 valence electrons. The van der Waals surface area contributed by atoms with Gasteiger partial charge in [-0.1, -0.05) is 24.3 Å². The fraction of sp³-hybridized carbons (Fsp3) is 0.714. The summed E-state index contributed by atoms with van der Waals surface area (Å²) in [5.41, 5.74) is 0. The van der Waals surface area contributed by atoms with Crippen LogP contribution in [0.5, 0.6) is 0 Å². The lowest BCUT2D eigenvalue weighted by Gasteiger charge is -2.42. The van der Waals surface area contributed by atoms with E-state index in [1.54, 1.807) is 28.2 Å². The van der Waals surface area contributed by atoms with Crippen LogP contribution in [-0.2, 0) is 0 Å². The Balaban J connectivity index is 2.70. The van der Waals surface area contributed by atoms with Crippen LogP contribution in [0, 0.1) is 10.4 Å². The standard InChI is InChI=1S/C14H26N2O2/c1-15(2,17)13-9-5-7-11-14(16(3,4)18)12-8-6-10-13/h5-8,13-14H,9-12H2,1-4H3. The van der Waals surface area contributed by atoms with Gasteiger partial charge in [-0.05, 0) is 0 Å². The number of hydroxylamine groups is 6. The molecule has 0 fully saturated rings. The summed E-state index contributed by atoms with van der Waals surface area (Å²) >= 11 is 0. The molecule has 1 aliphatic carbocycles. The van der Waals surface area contributed by atoms with Gasteiger partial charge < -0.3 is 19.7 Å². The van der Waals surface area contributed by atoms with Crippen molar-refractivity contribution in [2.75, 3.05) is 28.2 Å². The van der Waals surface area contributed by atoms with Crippen molar-refractivity contribution in [1.82, 2.24) is 0 Å². The molecular weight excluding hydrogens is 228 g/mol. The predicted molar refractivity (Wildman–Crippen MR) is 75.3 cm³/mol. The van der Waals surface area contributed by atoms with Crippen LogP contribution < -0.4 is 0 Å². The van der Waals surface area contributed by atoms with E-state index in [1.165, 1.54) is 0 Å². The van der Waals surface area contributed by atoms with Crippen LogP contribution in [0.1, 0.15) is 25.7 Å². The molecule has 0 saturated heterocycles. The van der Waals surface area contributed by atoms with E-state index < -0.39 is 0 Å². The van der Waals surface area contributed by atoms with Crippen molar-refractivity contribution in [1.29, 1.82) is 0 Å². The van der Waals surface area contributed by atoms with Crippen LogP contribution in [0.3, 0.4) is 0 Å². The van der Waals surface area contributed by atoms with Gasteiger partial charge >= 0.3 is 0 Å². The van der Waals surface area contributed by atoms with E-state index in [9.17, 15) is 10.4 Å². The average molecular weight is 254 g/mol. The van der Waals surface area contributed by atoms with Crippen LogP contribution in [0.2, 0.25) is 0 Å². The third-order valence-electron chi connectivity index (χ3n) is 3.72. The third-order valence-corrected chi connectivity index (χ3v) is 3.72. The molecule has 0 bridgehead atoms. The first-order valence-electron chi connectivity index (χ1n) is 6.60. The second kappa shape index (κ2) is 5.97. The van der Waals surface area contributed by atoms with Gasteiger partial charge in [-0.2, -0.15) is 0 Å². The van der Waals surface area contributed by atoms with Gasteiger partial charge in [0.05, 0.1) is 40.3 Å². The molecule has 0 amide bonds. The number of quaternary nitrogens is 2. The SMILES string of the molecule is C[N+](C)([O-])C1CC=CCC([N+](C)(C)[O-])CC=CC1. The Hall–Kier alpha value is -0.680. The van der Waals surface area contributed by atoms with Crippen LogP contribution in [-0.4, -0.2) is 49.6 Å². The molecule has 0 unspecified atom stereocenters. The van der Waals surface area contributed by atoms with Crippen LogP contribution >= 0.6 is 0 Å². The summed E-state index contributed by atoms with van der Waals surface area (Å²) in [7, 11) is 6.77. The molecule has 18 heavy (non-hydrogen) atoms. The molecule has 1 aliphatic rings. The van der Waals surface area contributed by atoms with Crippen molar-refractivity contribution in [3.63, 3.8) is 0 Å². The second-order valence-electron chi connectivity index (χ2n) is 6.06. The maximum Gasteiger partial charge on any atom is 0.0953 e. The summed E-state index contributed by atoms with van der Waals surface area (Å²) in [6.07, 6.45) is 11.4. The smallest absolute Gasteiger partial charge is 0.0953 e. The van der Waals surface area contributed by atoms with Gasteiger partial charge in [0.25, 0.3) is 0 Å². The first-order valence-corrected chi connectivity index (χ1v) is 6.60. The van der Waals surface area contributed by atoms with Gasteiger partial charge in [-0.25, -0.2) is 0 Å². The van der Waals surface area contributed by atoms with Crippen LogP contribution in [0.4, 0.5) is 0 Å². The minimum absolute atomic E-state index is 0.0730. The first kappa shape index (κ1) is 15.4. The minimum atomic E-state index is -0.263. The van der Waals surface area contributed by atoms with Crippen molar-refractivity contribution in [2.45, 2.75) is 37.8 Å². The second-order valence-corrected chi connectivity index (χ2v) is 6.06. The average Bonchev–Trinajstić information content (AvgIpc) is 2.22. The highest BCUT2D eigenvalue weighted by Gasteiger charge is 2.20. The zero-order valence-electron chi connectivity index (χ0n) is 12.0. The molecule has 4 heteroatoms. The van der Waals surface area contributed by atoms with E-state index in [4.69, 9.17) is 0 Å². The number of rotatable bonds is 2. The molecule has 0 saturated carbocycles. The molecule has 0 spiro atoms. The van der Waals surface area contributed by atoms with E-state index in [-0.39, 0.29) is 21.4 Å². The maximum absolute atomic E-state index is 12.0. The Labute approximate surface area is 111 Å². The Morgan fingerprint density at radius 2 is 0.889 bits per heavy atom. The summed E-state index contributed by atoms with van der Waals surface area (Å²) in [5, 5.41) is 23.9. The van der Waals surface area contributed by atoms with Crippen molar-refractivity contribution >= 4 is 0 Å². The molecule has 0 radical (unpaired) electrons. The fourth-order valence-electron chi connectivity index (χ4n) is 2.22. The number of nitrogens with zero attached hydrogens (tertiary/aromatic N) is 2. The molecule has 1 rings (SSSR count). The molecule has 0 N–H and O–H groups in total. The highest BCUT2D eigenvalue weighted by atomic mass is 16.5. The molecule has 0 aromatic rings. The van der Waals surface area contributed by atoms with E-state index >= 15 is 0 Å². The molecule has 0 aliphatic heterocycles. The minimum Gasteiger partial charge on any atom is -0.633 e. The van der Waals surface area contributed by atoms with Crippen LogP contribution in [0.15, 0.2) is 24.3 Å². The Bertz CT molecular complexity index is 263. The molecule has 0 heterocycles. The first-order chi connectivity index (χ1) is 8.21. The van der Waals surface area contributed by atoms with E-state index in [2.05, 4.69) is 24.3 Å². The summed E-state index contributed by atoms with van der Waals surface area (Å²) in [5.74, 6) is 0. The van der Waals surface area contributed by atoms with E-state index in [1.807, 2.05) is 0 Å². The lowest BCUT2D eigenvalue weighted by atomic mass is 10.0. The zero-order valence-corrected chi connectivity index (χ0v) is 12.0. The maximum atomic E-state index is 12.0. The van der Waals surface area contributed by atoms with Crippen molar-refractivity contribution < 1.29 is 9.29 Å². The van der Waals surface area contributed by atoms with E-state index in [0.29, 0.717) is 0 Å². The van der Waals surface area contributed by atoms with E-state index in [0.717, 1.165) is 25.7 Å². The number of hydrogen-bond donors (Lipinski definition) is 0. The topological polar surface area (TPSA) is 46.1 Å². The van der Waals surface area contributed by atoms with Crippen molar-refractivity contribution in [3.05, 3.63) is 34.7 Å². The lowest BCUT2D eigenvalue weighted by molar-refractivity contribution is -0.866. The molecule has 0 atom stereocenters. The normalized spacial score (nSPS) is 27.2. The largest absolute Gasteiger partial charge is 0.633 e. The Kier molecular flexibility index (Phi) is 5.10. The van der Waals surface area contributed by atoms with Gasteiger partial charge in [-0.3, -0.25) is 0 Å². The molecule has 0 aromatic heterocycles. The Morgan fingerprint density at radius 1 is 0.667 bits per heavy atom. The summed E-state index contributed by atoms with van der Waals surface area (Å²) in [6, 6.07) is 0.146. The van der Waals surface area contributed by atoms with Gasteiger partial charge in [0.15, 0.2) is 0 Å². The molecule has 4 nitrogen and oxygen atoms in total. The molecule has 0 aromatic carbocycles. The third kappa shape index (κ3) is 4.90. The monoisotopic (exact) mass is 254 g/mol. The Morgan fingerprint density at radius 3 is 1.06 bits per heavy atom. The summed E-state index contributed by atoms with van der Waals surface area (Å²) < 4.78 is -0.525. The van der Waals surface area contributed by atoms with Crippen LogP contribution in [0.25, 0.3) is 0 Å². The van der Waals surface area contributed by atoms with Crippen molar-refractivity contribution in [3.8, 4) is 0 Å². The zero-order chi connectivity index (χ0) is 13.8. The number of hydrogen-bond acceptors (Lipinski definition) is 2. The molecular formula is C14H26N2O2. The fourth-order valence-corrected chi connectivity index (χ4v) is 2.22. The lowest BCUT2D eigenvalue weighted by Crippen LogP contribution is -2.44. The summed E-state index contributed by atoms with van der Waals surface area (Å²) in [4.78, 5) is 0. The van der Waals surface area contributed by atoms with Gasteiger partial charge in [0.2, 0.25) is 0 Å². The summed E-state index contributed by atoms with van der Waals surface area (Å²) in [6.45, 7) is 0. The predicted octanol–water partition coefficient (Wildman–Crippen LogP) is 2.56. The van der Waals surface area contributed by atoms with Gasteiger partial charge in [-0.15, -0.1) is 0 Å². The highest BCUT2D eigenvalue weighted by Crippen LogP contribution is 2.19. The quantitative estimate of drug-likeness (QED) is 0.432. The van der Waals surface area contributed by atoms with Gasteiger partial charge in [0.1, 0.15) is 0 Å². The highest BCUT2D eigenvalue weighted by molar-refractivity contribution is 4.95. The van der Waals surface area contributed by atoms with Gasteiger partial charge in [0, 0.05) is 25.7 Å². The van der Waals surface area contributed by atoms with Crippen molar-refractivity contribution in [2.24, 2.45) is 0 Å².